The first-order valence-electron chi connectivity index (χ1n) is 10.2. The van der Waals surface area contributed by atoms with Crippen molar-refractivity contribution in [3.63, 3.8) is 0 Å². The van der Waals surface area contributed by atoms with Gasteiger partial charge in [0.25, 0.3) is 11.8 Å². The summed E-state index contributed by atoms with van der Waals surface area (Å²) in [6.07, 6.45) is 1.52. The highest BCUT2D eigenvalue weighted by molar-refractivity contribution is 7.98. The van der Waals surface area contributed by atoms with Gasteiger partial charge in [0, 0.05) is 33.2 Å². The smallest absolute Gasteiger partial charge is 0.291 e. The molecule has 7 heteroatoms. The predicted octanol–water partition coefficient (Wildman–Crippen LogP) is 6.09. The molecule has 1 heterocycles. The molecule has 0 unspecified atom stereocenters. The zero-order chi connectivity index (χ0) is 23.0. The van der Waals surface area contributed by atoms with Crippen LogP contribution in [0, 0.1) is 0 Å². The van der Waals surface area contributed by atoms with Crippen LogP contribution in [0.3, 0.4) is 0 Å². The highest BCUT2D eigenvalue weighted by Crippen LogP contribution is 2.25. The molecule has 1 aromatic heterocycles. The van der Waals surface area contributed by atoms with Crippen molar-refractivity contribution >= 4 is 35.0 Å². The second kappa shape index (κ2) is 10.6. The van der Waals surface area contributed by atoms with Gasteiger partial charge in [0.05, 0.1) is 13.4 Å². The molecule has 0 spiro atoms. The Labute approximate surface area is 196 Å². The zero-order valence-electron chi connectivity index (χ0n) is 17.9. The fraction of sp³-hybridized carbons (Fsp3) is 0.0769. The van der Waals surface area contributed by atoms with Gasteiger partial charge in [0.1, 0.15) is 5.75 Å². The lowest BCUT2D eigenvalue weighted by Gasteiger charge is -2.08. The quantitative estimate of drug-likeness (QED) is 0.313. The average molecular weight is 459 g/mol. The molecule has 0 aliphatic heterocycles. The minimum atomic E-state index is -0.334. The van der Waals surface area contributed by atoms with Crippen LogP contribution in [0.1, 0.15) is 26.5 Å². The summed E-state index contributed by atoms with van der Waals surface area (Å²) in [5, 5.41) is 5.65. The molecule has 3 aromatic carbocycles. The SMILES string of the molecule is COc1ccc(NC(=O)c2ccc(NC(=O)c3occc3CSc3ccccc3)cc2)cc1. The van der Waals surface area contributed by atoms with Crippen molar-refractivity contribution in [2.24, 2.45) is 0 Å². The maximum absolute atomic E-state index is 12.7. The van der Waals surface area contributed by atoms with E-state index in [1.54, 1.807) is 73.5 Å². The van der Waals surface area contributed by atoms with Gasteiger partial charge in [-0.3, -0.25) is 9.59 Å². The lowest BCUT2D eigenvalue weighted by Crippen LogP contribution is -2.14. The monoisotopic (exact) mass is 458 g/mol. The number of methoxy groups -OCH3 is 1. The first-order chi connectivity index (χ1) is 16.1. The fourth-order valence-corrected chi connectivity index (χ4v) is 4.00. The summed E-state index contributed by atoms with van der Waals surface area (Å²) in [7, 11) is 1.59. The van der Waals surface area contributed by atoms with E-state index in [2.05, 4.69) is 10.6 Å². The molecule has 0 bridgehead atoms. The minimum Gasteiger partial charge on any atom is -0.497 e. The van der Waals surface area contributed by atoms with Gasteiger partial charge >= 0.3 is 0 Å². The summed E-state index contributed by atoms with van der Waals surface area (Å²) in [6, 6.07) is 25.5. The normalized spacial score (nSPS) is 10.5. The van der Waals surface area contributed by atoms with E-state index in [1.165, 1.54) is 6.26 Å². The van der Waals surface area contributed by atoms with Crippen molar-refractivity contribution in [2.45, 2.75) is 10.6 Å². The number of furan rings is 1. The maximum Gasteiger partial charge on any atom is 0.291 e. The average Bonchev–Trinajstić information content (AvgIpc) is 3.33. The number of nitrogens with one attached hydrogen (secondary N) is 2. The highest BCUT2D eigenvalue weighted by atomic mass is 32.2. The second-order valence-electron chi connectivity index (χ2n) is 7.09. The summed E-state index contributed by atoms with van der Waals surface area (Å²) in [5.74, 6) is 1.03. The third kappa shape index (κ3) is 5.84. The molecule has 4 aromatic rings. The summed E-state index contributed by atoms with van der Waals surface area (Å²) in [5.41, 5.74) is 2.52. The van der Waals surface area contributed by atoms with Gasteiger partial charge in [-0.2, -0.15) is 0 Å². The largest absolute Gasteiger partial charge is 0.497 e. The number of ether oxygens (including phenoxy) is 1. The van der Waals surface area contributed by atoms with Gasteiger partial charge < -0.3 is 19.8 Å². The molecule has 33 heavy (non-hydrogen) atoms. The molecule has 6 nitrogen and oxygen atoms in total. The number of hydrogen-bond acceptors (Lipinski definition) is 5. The molecule has 4 rings (SSSR count). The standard InChI is InChI=1S/C26H22N2O4S/c1-31-22-13-11-21(12-14-22)27-25(29)18-7-9-20(10-8-18)28-26(30)24-19(15-16-32-24)17-33-23-5-3-2-4-6-23/h2-16H,17H2,1H3,(H,27,29)(H,28,30). The Morgan fingerprint density at radius 1 is 0.818 bits per heavy atom. The highest BCUT2D eigenvalue weighted by Gasteiger charge is 2.16. The van der Waals surface area contributed by atoms with Crippen molar-refractivity contribution in [2.75, 3.05) is 17.7 Å². The Morgan fingerprint density at radius 2 is 1.45 bits per heavy atom. The van der Waals surface area contributed by atoms with Crippen LogP contribution in [0.5, 0.6) is 5.75 Å². The number of amides is 2. The van der Waals surface area contributed by atoms with Gasteiger partial charge in [-0.1, -0.05) is 18.2 Å². The third-order valence-electron chi connectivity index (χ3n) is 4.84. The van der Waals surface area contributed by atoms with Gasteiger partial charge in [-0.25, -0.2) is 0 Å². The van der Waals surface area contributed by atoms with Crippen molar-refractivity contribution in [1.82, 2.24) is 0 Å². The molecule has 0 fully saturated rings. The molecule has 0 radical (unpaired) electrons. The number of carbonyl (C=O) groups excluding carboxylic acids is 2. The number of thioether (sulfide) groups is 1. The van der Waals surface area contributed by atoms with Crippen molar-refractivity contribution < 1.29 is 18.7 Å². The van der Waals surface area contributed by atoms with E-state index < -0.39 is 0 Å². The van der Waals surface area contributed by atoms with Crippen LogP contribution < -0.4 is 15.4 Å². The molecule has 0 aliphatic carbocycles. The van der Waals surface area contributed by atoms with Gasteiger partial charge in [0.15, 0.2) is 5.76 Å². The Balaban J connectivity index is 1.35. The first kappa shape index (κ1) is 22.2. The van der Waals surface area contributed by atoms with E-state index in [1.807, 2.05) is 30.3 Å². The van der Waals surface area contributed by atoms with E-state index in [-0.39, 0.29) is 17.6 Å². The van der Waals surface area contributed by atoms with Crippen LogP contribution in [-0.2, 0) is 5.75 Å². The van der Waals surface area contributed by atoms with Crippen LogP contribution in [-0.4, -0.2) is 18.9 Å². The molecule has 0 saturated heterocycles. The van der Waals surface area contributed by atoms with Gasteiger partial charge in [0.2, 0.25) is 0 Å². The second-order valence-corrected chi connectivity index (χ2v) is 8.14. The molecule has 2 N–H and O–H groups in total. The zero-order valence-corrected chi connectivity index (χ0v) is 18.7. The molecular weight excluding hydrogens is 436 g/mol. The van der Waals surface area contributed by atoms with Crippen LogP contribution in [0.4, 0.5) is 11.4 Å². The predicted molar refractivity (Wildman–Crippen MR) is 130 cm³/mol. The number of hydrogen-bond donors (Lipinski definition) is 2. The summed E-state index contributed by atoms with van der Waals surface area (Å²) < 4.78 is 10.5. The van der Waals surface area contributed by atoms with Crippen LogP contribution in [0.15, 0.2) is 101 Å². The molecule has 0 atom stereocenters. The molecule has 166 valence electrons. The molecule has 0 saturated carbocycles. The van der Waals surface area contributed by atoms with E-state index >= 15 is 0 Å². The number of benzene rings is 3. The van der Waals surface area contributed by atoms with E-state index in [0.29, 0.717) is 28.4 Å². The Bertz CT molecular complexity index is 1220. The van der Waals surface area contributed by atoms with E-state index in [9.17, 15) is 9.59 Å². The third-order valence-corrected chi connectivity index (χ3v) is 5.90. The van der Waals surface area contributed by atoms with Crippen molar-refractivity contribution in [3.05, 3.63) is 108 Å². The number of rotatable bonds is 8. The Hall–Kier alpha value is -3.97. The van der Waals surface area contributed by atoms with Crippen LogP contribution >= 0.6 is 11.8 Å². The lowest BCUT2D eigenvalue weighted by molar-refractivity contribution is 0.0994. The van der Waals surface area contributed by atoms with Crippen molar-refractivity contribution in [1.29, 1.82) is 0 Å². The Morgan fingerprint density at radius 3 is 2.12 bits per heavy atom. The fourth-order valence-electron chi connectivity index (χ4n) is 3.10. The molecule has 2 amide bonds. The van der Waals surface area contributed by atoms with Gasteiger partial charge in [-0.05, 0) is 66.7 Å². The molecular formula is C26H22N2O4S. The lowest BCUT2D eigenvalue weighted by atomic mass is 10.2. The summed E-state index contributed by atoms with van der Waals surface area (Å²) in [4.78, 5) is 26.3. The van der Waals surface area contributed by atoms with Gasteiger partial charge in [-0.15, -0.1) is 11.8 Å². The number of anilines is 2. The number of carbonyl (C=O) groups is 2. The summed E-state index contributed by atoms with van der Waals surface area (Å²) >= 11 is 1.63. The van der Waals surface area contributed by atoms with E-state index in [4.69, 9.17) is 9.15 Å². The van der Waals surface area contributed by atoms with E-state index in [0.717, 1.165) is 10.5 Å². The first-order valence-corrected chi connectivity index (χ1v) is 11.2. The Kier molecular flexibility index (Phi) is 7.12. The molecule has 0 aliphatic rings. The topological polar surface area (TPSA) is 80.6 Å². The summed E-state index contributed by atoms with van der Waals surface area (Å²) in [6.45, 7) is 0. The van der Waals surface area contributed by atoms with Crippen molar-refractivity contribution in [3.8, 4) is 5.75 Å². The minimum absolute atomic E-state index is 0.246. The van der Waals surface area contributed by atoms with Crippen LogP contribution in [0.25, 0.3) is 0 Å². The van der Waals surface area contributed by atoms with Crippen LogP contribution in [0.2, 0.25) is 0 Å². The maximum atomic E-state index is 12.7.